The summed E-state index contributed by atoms with van der Waals surface area (Å²) in [7, 11) is 1.35. The number of anilines is 1. The zero-order valence-corrected chi connectivity index (χ0v) is 12.4. The second-order valence-electron chi connectivity index (χ2n) is 4.01. The summed E-state index contributed by atoms with van der Waals surface area (Å²) < 4.78 is 4.62. The molecule has 0 saturated carbocycles. The normalized spacial score (nSPS) is 12.0. The largest absolute Gasteiger partial charge is 0.468 e. The molecule has 0 bridgehead atoms. The molecule has 1 amide bonds. The van der Waals surface area contributed by atoms with Crippen molar-refractivity contribution in [2.24, 2.45) is 0 Å². The summed E-state index contributed by atoms with van der Waals surface area (Å²) in [6.07, 6.45) is 0. The second-order valence-corrected chi connectivity index (χ2v) is 4.85. The molecule has 1 aromatic rings. The Labute approximate surface area is 116 Å². The Morgan fingerprint density at radius 1 is 1.58 bits per heavy atom. The summed E-state index contributed by atoms with van der Waals surface area (Å²) in [5.74, 6) is -0.339. The molecule has 0 aliphatic carbocycles. The van der Waals surface area contributed by atoms with E-state index in [9.17, 15) is 9.59 Å². The highest BCUT2D eigenvalue weighted by molar-refractivity contribution is 7.14. The number of ether oxygens (including phenoxy) is 1. The predicted molar refractivity (Wildman–Crippen MR) is 74.1 cm³/mol. The molecule has 0 spiro atoms. The van der Waals surface area contributed by atoms with Crippen LogP contribution in [0.2, 0.25) is 0 Å². The predicted octanol–water partition coefficient (Wildman–Crippen LogP) is 1.17. The zero-order chi connectivity index (χ0) is 14.4. The Morgan fingerprint density at radius 2 is 2.26 bits per heavy atom. The van der Waals surface area contributed by atoms with Crippen LogP contribution < -0.4 is 10.2 Å². The third-order valence-corrected chi connectivity index (χ3v) is 3.52. The maximum Gasteiger partial charge on any atom is 0.322 e. The highest BCUT2D eigenvalue weighted by Crippen LogP contribution is 2.20. The van der Waals surface area contributed by atoms with Crippen molar-refractivity contribution in [2.75, 3.05) is 18.6 Å². The first-order valence-electron chi connectivity index (χ1n) is 6.03. The van der Waals surface area contributed by atoms with Gasteiger partial charge < -0.3 is 4.74 Å². The lowest BCUT2D eigenvalue weighted by Gasteiger charge is -2.14. The van der Waals surface area contributed by atoms with Gasteiger partial charge in [-0.25, -0.2) is 4.98 Å². The van der Waals surface area contributed by atoms with Crippen molar-refractivity contribution in [2.45, 2.75) is 33.4 Å². The van der Waals surface area contributed by atoms with Gasteiger partial charge in [0.05, 0.1) is 12.8 Å². The average molecular weight is 285 g/mol. The molecule has 0 radical (unpaired) electrons. The third kappa shape index (κ3) is 4.29. The highest BCUT2D eigenvalue weighted by atomic mass is 32.1. The lowest BCUT2D eigenvalue weighted by Crippen LogP contribution is -2.34. The lowest BCUT2D eigenvalue weighted by atomic mass is 10.3. The summed E-state index contributed by atoms with van der Waals surface area (Å²) in [5, 5.41) is 5.57. The number of carbonyl (C=O) groups excluding carboxylic acids is 2. The minimum absolute atomic E-state index is 0.0284. The van der Waals surface area contributed by atoms with Gasteiger partial charge >= 0.3 is 5.97 Å². The van der Waals surface area contributed by atoms with Gasteiger partial charge in [0.25, 0.3) is 0 Å². The van der Waals surface area contributed by atoms with Crippen LogP contribution in [0.15, 0.2) is 5.38 Å². The number of thiazole rings is 1. The highest BCUT2D eigenvalue weighted by Gasteiger charge is 2.15. The molecule has 0 fully saturated rings. The summed E-state index contributed by atoms with van der Waals surface area (Å²) in [4.78, 5) is 28.6. The van der Waals surface area contributed by atoms with Crippen LogP contribution in [0.5, 0.6) is 0 Å². The summed E-state index contributed by atoms with van der Waals surface area (Å²) in [6.45, 7) is 6.20. The first-order valence-corrected chi connectivity index (χ1v) is 6.91. The van der Waals surface area contributed by atoms with Crippen molar-refractivity contribution >= 4 is 28.3 Å². The third-order valence-electron chi connectivity index (χ3n) is 2.61. The molecule has 1 N–H and O–H groups in total. The van der Waals surface area contributed by atoms with Crippen molar-refractivity contribution < 1.29 is 14.3 Å². The number of hydrogen-bond acceptors (Lipinski definition) is 6. The first-order chi connectivity index (χ1) is 8.99. The summed E-state index contributed by atoms with van der Waals surface area (Å²) in [5.41, 5.74) is 0.801. The molecule has 106 valence electrons. The van der Waals surface area contributed by atoms with Crippen molar-refractivity contribution in [3.63, 3.8) is 0 Å². The van der Waals surface area contributed by atoms with E-state index in [-0.39, 0.29) is 17.9 Å². The molecular weight excluding hydrogens is 266 g/mol. The monoisotopic (exact) mass is 285 g/mol. The van der Waals surface area contributed by atoms with Gasteiger partial charge in [-0.15, -0.1) is 11.3 Å². The van der Waals surface area contributed by atoms with Crippen LogP contribution in [0.1, 0.15) is 26.5 Å². The number of carbonyl (C=O) groups is 2. The van der Waals surface area contributed by atoms with Crippen LogP contribution >= 0.6 is 11.3 Å². The van der Waals surface area contributed by atoms with Gasteiger partial charge in [0.2, 0.25) is 5.91 Å². The molecule has 0 saturated heterocycles. The van der Waals surface area contributed by atoms with Crippen LogP contribution in [-0.2, 0) is 20.9 Å². The number of nitrogens with zero attached hydrogens (tertiary/aromatic N) is 2. The van der Waals surface area contributed by atoms with E-state index in [1.165, 1.54) is 25.4 Å². The Kier molecular flexibility index (Phi) is 5.91. The Bertz CT molecular complexity index is 447. The van der Waals surface area contributed by atoms with Gasteiger partial charge in [0.15, 0.2) is 5.13 Å². The van der Waals surface area contributed by atoms with E-state index in [1.807, 2.05) is 12.3 Å². The number of amides is 1. The molecular formula is C12H19N3O3S. The van der Waals surface area contributed by atoms with Crippen LogP contribution in [-0.4, -0.2) is 36.6 Å². The van der Waals surface area contributed by atoms with E-state index in [0.29, 0.717) is 18.2 Å². The van der Waals surface area contributed by atoms with Gasteiger partial charge in [0, 0.05) is 25.4 Å². The average Bonchev–Trinajstić information content (AvgIpc) is 2.84. The molecule has 0 aliphatic rings. The Hall–Kier alpha value is -1.47. The first kappa shape index (κ1) is 15.6. The zero-order valence-electron chi connectivity index (χ0n) is 11.6. The van der Waals surface area contributed by atoms with Crippen molar-refractivity contribution in [1.82, 2.24) is 10.3 Å². The smallest absolute Gasteiger partial charge is 0.322 e. The summed E-state index contributed by atoms with van der Waals surface area (Å²) in [6, 6.07) is -0.384. The van der Waals surface area contributed by atoms with Crippen molar-refractivity contribution in [3.8, 4) is 0 Å². The van der Waals surface area contributed by atoms with Crippen LogP contribution in [0.25, 0.3) is 0 Å². The quantitative estimate of drug-likeness (QED) is 0.794. The van der Waals surface area contributed by atoms with Crippen LogP contribution in [0.4, 0.5) is 5.13 Å². The molecule has 0 aliphatic heterocycles. The molecule has 0 aromatic carbocycles. The van der Waals surface area contributed by atoms with Crippen molar-refractivity contribution in [1.29, 1.82) is 0 Å². The fraction of sp³-hybridized carbons (Fsp3) is 0.583. The Morgan fingerprint density at radius 3 is 2.79 bits per heavy atom. The minimum atomic E-state index is -0.384. The maximum absolute atomic E-state index is 11.4. The van der Waals surface area contributed by atoms with Crippen molar-refractivity contribution in [3.05, 3.63) is 11.1 Å². The Balaban J connectivity index is 2.60. The van der Waals surface area contributed by atoms with E-state index in [4.69, 9.17) is 0 Å². The molecule has 1 unspecified atom stereocenters. The molecule has 1 atom stereocenters. The van der Waals surface area contributed by atoms with Crippen LogP contribution in [0.3, 0.4) is 0 Å². The fourth-order valence-corrected chi connectivity index (χ4v) is 2.44. The van der Waals surface area contributed by atoms with Gasteiger partial charge in [-0.1, -0.05) is 0 Å². The molecule has 6 nitrogen and oxygen atoms in total. The number of nitrogens with one attached hydrogen (secondary N) is 1. The second kappa shape index (κ2) is 7.20. The van der Waals surface area contributed by atoms with Gasteiger partial charge in [-0.3, -0.25) is 19.8 Å². The van der Waals surface area contributed by atoms with Gasteiger partial charge in [-0.05, 0) is 13.8 Å². The molecule has 1 heterocycles. The lowest BCUT2D eigenvalue weighted by molar-refractivity contribution is -0.142. The van der Waals surface area contributed by atoms with E-state index in [0.717, 1.165) is 5.69 Å². The topological polar surface area (TPSA) is 71.5 Å². The SMILES string of the molecule is CCN(C(C)=O)c1nc(CNC(C)C(=O)OC)cs1. The number of rotatable bonds is 6. The van der Waals surface area contributed by atoms with E-state index >= 15 is 0 Å². The van der Waals surface area contributed by atoms with Gasteiger partial charge in [0.1, 0.15) is 6.04 Å². The van der Waals surface area contributed by atoms with E-state index < -0.39 is 0 Å². The molecule has 7 heteroatoms. The number of aromatic nitrogens is 1. The molecule has 19 heavy (non-hydrogen) atoms. The van der Waals surface area contributed by atoms with Gasteiger partial charge in [-0.2, -0.15) is 0 Å². The van der Waals surface area contributed by atoms with E-state index in [1.54, 1.807) is 11.8 Å². The summed E-state index contributed by atoms with van der Waals surface area (Å²) >= 11 is 1.41. The number of esters is 1. The standard InChI is InChI=1S/C12H19N3O3S/c1-5-15(9(3)16)12-14-10(7-19-12)6-13-8(2)11(17)18-4/h7-8,13H,5-6H2,1-4H3. The molecule has 1 rings (SSSR count). The number of methoxy groups -OCH3 is 1. The molecule has 1 aromatic heterocycles. The maximum atomic E-state index is 11.4. The number of hydrogen-bond donors (Lipinski definition) is 1. The van der Waals surface area contributed by atoms with Crippen LogP contribution in [0, 0.1) is 0 Å². The van der Waals surface area contributed by atoms with E-state index in [2.05, 4.69) is 15.0 Å². The fourth-order valence-electron chi connectivity index (χ4n) is 1.51. The minimum Gasteiger partial charge on any atom is -0.468 e.